The first-order valence-corrected chi connectivity index (χ1v) is 7.73. The van der Waals surface area contributed by atoms with E-state index in [0.29, 0.717) is 12.1 Å². The minimum Gasteiger partial charge on any atom is -0.475 e. The summed E-state index contributed by atoms with van der Waals surface area (Å²) in [6.45, 7) is 0. The first-order valence-electron chi connectivity index (χ1n) is 5.90. The van der Waals surface area contributed by atoms with Crippen molar-refractivity contribution in [2.75, 3.05) is 11.5 Å². The molecule has 0 radical (unpaired) electrons. The van der Waals surface area contributed by atoms with Gasteiger partial charge in [-0.25, -0.2) is 18.2 Å². The molecular weight excluding hydrogens is 258 g/mol. The van der Waals surface area contributed by atoms with Crippen LogP contribution in [0.4, 0.5) is 0 Å². The summed E-state index contributed by atoms with van der Waals surface area (Å²) in [5.41, 5.74) is 0.488. The molecule has 1 aliphatic heterocycles. The number of carboxylic acid groups (broad SMARTS) is 1. The molecule has 1 atom stereocenters. The fourth-order valence-electron chi connectivity index (χ4n) is 2.30. The molecular formula is C11H13NO5S. The van der Waals surface area contributed by atoms with Gasteiger partial charge in [0.25, 0.3) is 0 Å². The molecule has 3 rings (SSSR count). The first kappa shape index (κ1) is 11.7. The highest BCUT2D eigenvalue weighted by Gasteiger charge is 2.37. The van der Waals surface area contributed by atoms with Crippen LogP contribution in [-0.2, 0) is 9.84 Å². The SMILES string of the molecule is O=C(O)c1oc(C2CCS(=O)(=O)C2)nc1C1CC1. The second-order valence-electron chi connectivity index (χ2n) is 4.95. The molecule has 1 aromatic heterocycles. The number of aromatic carboxylic acids is 1. The summed E-state index contributed by atoms with van der Waals surface area (Å²) >= 11 is 0. The molecule has 0 spiro atoms. The molecule has 1 unspecified atom stereocenters. The van der Waals surface area contributed by atoms with Gasteiger partial charge in [-0.1, -0.05) is 0 Å². The fraction of sp³-hybridized carbons (Fsp3) is 0.636. The van der Waals surface area contributed by atoms with E-state index in [1.165, 1.54) is 0 Å². The van der Waals surface area contributed by atoms with Gasteiger partial charge in [0.1, 0.15) is 0 Å². The molecule has 98 valence electrons. The van der Waals surface area contributed by atoms with Crippen LogP contribution in [0.3, 0.4) is 0 Å². The summed E-state index contributed by atoms with van der Waals surface area (Å²) in [6.07, 6.45) is 2.32. The van der Waals surface area contributed by atoms with E-state index in [9.17, 15) is 13.2 Å². The average molecular weight is 271 g/mol. The van der Waals surface area contributed by atoms with Gasteiger partial charge in [0.05, 0.1) is 23.1 Å². The van der Waals surface area contributed by atoms with Crippen molar-refractivity contribution in [2.24, 2.45) is 0 Å². The van der Waals surface area contributed by atoms with Crippen LogP contribution in [0.5, 0.6) is 0 Å². The molecule has 2 aliphatic rings. The van der Waals surface area contributed by atoms with Crippen LogP contribution in [0.25, 0.3) is 0 Å². The van der Waals surface area contributed by atoms with E-state index in [1.807, 2.05) is 0 Å². The molecule has 1 saturated heterocycles. The second kappa shape index (κ2) is 3.81. The van der Waals surface area contributed by atoms with Gasteiger partial charge in [0, 0.05) is 5.92 Å². The Balaban J connectivity index is 1.94. The lowest BCUT2D eigenvalue weighted by Gasteiger charge is -1.99. The summed E-state index contributed by atoms with van der Waals surface area (Å²) < 4.78 is 28.1. The predicted octanol–water partition coefficient (Wildman–Crippen LogP) is 1.15. The van der Waals surface area contributed by atoms with Gasteiger partial charge in [-0.15, -0.1) is 0 Å². The maximum absolute atomic E-state index is 11.4. The molecule has 1 saturated carbocycles. The van der Waals surface area contributed by atoms with Gasteiger partial charge in [-0.2, -0.15) is 0 Å². The topological polar surface area (TPSA) is 97.5 Å². The Labute approximate surface area is 104 Å². The van der Waals surface area contributed by atoms with Gasteiger partial charge in [0.2, 0.25) is 5.76 Å². The van der Waals surface area contributed by atoms with Crippen molar-refractivity contribution in [3.8, 4) is 0 Å². The lowest BCUT2D eigenvalue weighted by atomic mass is 10.1. The molecule has 18 heavy (non-hydrogen) atoms. The smallest absolute Gasteiger partial charge is 0.373 e. The molecule has 0 bridgehead atoms. The van der Waals surface area contributed by atoms with Gasteiger partial charge >= 0.3 is 5.97 Å². The Bertz CT molecular complexity index is 599. The Morgan fingerprint density at radius 3 is 2.50 bits per heavy atom. The van der Waals surface area contributed by atoms with Crippen molar-refractivity contribution < 1.29 is 22.7 Å². The maximum Gasteiger partial charge on any atom is 0.373 e. The molecule has 0 amide bonds. The highest BCUT2D eigenvalue weighted by Crippen LogP contribution is 2.42. The lowest BCUT2D eigenvalue weighted by Crippen LogP contribution is -2.04. The molecule has 1 N–H and O–H groups in total. The number of carboxylic acids is 1. The van der Waals surface area contributed by atoms with Crippen LogP contribution >= 0.6 is 0 Å². The number of oxazole rings is 1. The van der Waals surface area contributed by atoms with Crippen molar-refractivity contribution in [3.63, 3.8) is 0 Å². The number of carbonyl (C=O) groups is 1. The minimum atomic E-state index is -3.02. The molecule has 1 aliphatic carbocycles. The molecule has 2 fully saturated rings. The normalized spacial score (nSPS) is 26.3. The van der Waals surface area contributed by atoms with E-state index >= 15 is 0 Å². The quantitative estimate of drug-likeness (QED) is 0.885. The average Bonchev–Trinajstić information content (AvgIpc) is 2.92. The summed E-state index contributed by atoms with van der Waals surface area (Å²) in [5, 5.41) is 9.05. The number of sulfone groups is 1. The predicted molar refractivity (Wildman–Crippen MR) is 61.4 cm³/mol. The first-order chi connectivity index (χ1) is 8.46. The van der Waals surface area contributed by atoms with Crippen LogP contribution in [-0.4, -0.2) is 36.0 Å². The monoisotopic (exact) mass is 271 g/mol. The van der Waals surface area contributed by atoms with Crippen LogP contribution < -0.4 is 0 Å². The van der Waals surface area contributed by atoms with E-state index in [1.54, 1.807) is 0 Å². The van der Waals surface area contributed by atoms with Crippen LogP contribution in [0.2, 0.25) is 0 Å². The number of rotatable bonds is 3. The number of hydrogen-bond acceptors (Lipinski definition) is 5. The molecule has 1 aromatic rings. The highest BCUT2D eigenvalue weighted by atomic mass is 32.2. The van der Waals surface area contributed by atoms with Gasteiger partial charge < -0.3 is 9.52 Å². The van der Waals surface area contributed by atoms with Crippen LogP contribution in [0.15, 0.2) is 4.42 Å². The summed E-state index contributed by atoms with van der Waals surface area (Å²) in [5.74, 6) is -0.950. The minimum absolute atomic E-state index is 0.0106. The Morgan fingerprint density at radius 1 is 1.28 bits per heavy atom. The number of hydrogen-bond donors (Lipinski definition) is 1. The highest BCUT2D eigenvalue weighted by molar-refractivity contribution is 7.91. The fourth-order valence-corrected chi connectivity index (χ4v) is 4.03. The molecule has 6 nitrogen and oxygen atoms in total. The number of nitrogens with zero attached hydrogens (tertiary/aromatic N) is 1. The van der Waals surface area contributed by atoms with Crippen molar-refractivity contribution in [3.05, 3.63) is 17.3 Å². The maximum atomic E-state index is 11.4. The van der Waals surface area contributed by atoms with Crippen molar-refractivity contribution in [1.82, 2.24) is 4.98 Å². The Kier molecular flexibility index (Phi) is 2.48. The zero-order chi connectivity index (χ0) is 12.9. The van der Waals surface area contributed by atoms with Crippen molar-refractivity contribution in [2.45, 2.75) is 31.1 Å². The van der Waals surface area contributed by atoms with E-state index < -0.39 is 15.8 Å². The Morgan fingerprint density at radius 2 is 2.00 bits per heavy atom. The standard InChI is InChI=1S/C11H13NO5S/c13-11(14)9-8(6-1-2-6)12-10(17-9)7-3-4-18(15,16)5-7/h6-7H,1-5H2,(H,13,14). The number of aromatic nitrogens is 1. The van der Waals surface area contributed by atoms with Gasteiger partial charge in [0.15, 0.2) is 15.7 Å². The zero-order valence-electron chi connectivity index (χ0n) is 9.63. The second-order valence-corrected chi connectivity index (χ2v) is 7.17. The third-order valence-corrected chi connectivity index (χ3v) is 5.18. The van der Waals surface area contributed by atoms with Crippen molar-refractivity contribution >= 4 is 15.8 Å². The third kappa shape index (κ3) is 2.03. The summed E-state index contributed by atoms with van der Waals surface area (Å²) in [4.78, 5) is 15.3. The largest absolute Gasteiger partial charge is 0.475 e. The van der Waals surface area contributed by atoms with Crippen LogP contribution in [0.1, 0.15) is 53.2 Å². The van der Waals surface area contributed by atoms with E-state index in [2.05, 4.69) is 4.98 Å². The van der Waals surface area contributed by atoms with E-state index in [-0.39, 0.29) is 35.0 Å². The molecule has 2 heterocycles. The Hall–Kier alpha value is -1.37. The summed E-state index contributed by atoms with van der Waals surface area (Å²) in [7, 11) is -3.02. The molecule has 7 heteroatoms. The third-order valence-electron chi connectivity index (χ3n) is 3.41. The van der Waals surface area contributed by atoms with E-state index in [0.717, 1.165) is 12.8 Å². The van der Waals surface area contributed by atoms with Gasteiger partial charge in [-0.05, 0) is 19.3 Å². The molecule has 0 aromatic carbocycles. The van der Waals surface area contributed by atoms with Gasteiger partial charge in [-0.3, -0.25) is 0 Å². The van der Waals surface area contributed by atoms with E-state index in [4.69, 9.17) is 9.52 Å². The zero-order valence-corrected chi connectivity index (χ0v) is 10.4. The summed E-state index contributed by atoms with van der Waals surface area (Å²) in [6, 6.07) is 0. The van der Waals surface area contributed by atoms with Crippen LogP contribution in [0, 0.1) is 0 Å². The lowest BCUT2D eigenvalue weighted by molar-refractivity contribution is 0.0658. The van der Waals surface area contributed by atoms with Crippen molar-refractivity contribution in [1.29, 1.82) is 0 Å².